The maximum atomic E-state index is 9.25. The normalized spacial score (nSPS) is 39.8. The highest BCUT2D eigenvalue weighted by molar-refractivity contribution is 4.39. The minimum atomic E-state index is 0.264. The van der Waals surface area contributed by atoms with E-state index in [-0.39, 0.29) is 6.73 Å². The molecule has 3 heteroatoms. The summed E-state index contributed by atoms with van der Waals surface area (Å²) in [5.41, 5.74) is 0. The maximum absolute atomic E-state index is 9.25. The average Bonchev–Trinajstić information content (AvgIpc) is 1.75. The van der Waals surface area contributed by atoms with Crippen molar-refractivity contribution in [2.45, 2.75) is 0 Å². The van der Waals surface area contributed by atoms with E-state index in [1.807, 2.05) is 0 Å². The lowest BCUT2D eigenvalue weighted by Gasteiger charge is -1.87. The first-order chi connectivity index (χ1) is 1.89. The summed E-state index contributed by atoms with van der Waals surface area (Å²) in [6.45, 7) is 0.264. The second kappa shape index (κ2) is 0.427. The minimum absolute atomic E-state index is 0.264. The van der Waals surface area contributed by atoms with Crippen molar-refractivity contribution in [3.63, 3.8) is 0 Å². The molecule has 1 rings (SSSR count). The standard InChI is InChI=1S/CH2NO2/c3-2-1-4-2/h1H2/q-1. The van der Waals surface area contributed by atoms with Crippen LogP contribution in [0.2, 0.25) is 0 Å². The van der Waals surface area contributed by atoms with Crippen LogP contribution >= 0.6 is 0 Å². The van der Waals surface area contributed by atoms with Gasteiger partial charge in [-0.15, -0.1) is 0 Å². The molecular formula is CH2NO2-. The Balaban J connectivity index is 2.17. The molecule has 0 aromatic heterocycles. The quantitative estimate of drug-likeness (QED) is 0.360. The first-order valence-corrected chi connectivity index (χ1v) is 0.970. The van der Waals surface area contributed by atoms with Crippen LogP contribution in [0.3, 0.4) is 0 Å². The third kappa shape index (κ3) is 0.176. The molecule has 24 valence electrons. The number of nitrogens with zero attached hydrogens (tertiary/aromatic N) is 1. The van der Waals surface area contributed by atoms with Gasteiger partial charge in [0.2, 0.25) is 0 Å². The predicted octanol–water partition coefficient (Wildman–Crippen LogP) is -0.311. The summed E-state index contributed by atoms with van der Waals surface area (Å²) in [6.07, 6.45) is 0. The Bertz CT molecular complexity index is 25.2. The SMILES string of the molecule is [O-]N1CO1. The molecule has 4 heavy (non-hydrogen) atoms. The first-order valence-electron chi connectivity index (χ1n) is 0.970. The van der Waals surface area contributed by atoms with E-state index in [9.17, 15) is 5.21 Å². The molecule has 1 unspecified atom stereocenters. The molecule has 0 saturated carbocycles. The molecule has 1 atom stereocenters. The molecule has 0 N–H and O–H groups in total. The summed E-state index contributed by atoms with van der Waals surface area (Å²) in [6, 6.07) is 0. The summed E-state index contributed by atoms with van der Waals surface area (Å²) >= 11 is 0. The van der Waals surface area contributed by atoms with E-state index in [4.69, 9.17) is 0 Å². The molecule has 0 bridgehead atoms. The van der Waals surface area contributed by atoms with Crippen molar-refractivity contribution in [3.8, 4) is 0 Å². The monoisotopic (exact) mass is 60.0 g/mol. The van der Waals surface area contributed by atoms with Gasteiger partial charge in [-0.25, -0.2) is 5.23 Å². The Morgan fingerprint density at radius 3 is 2.25 bits per heavy atom. The third-order valence-electron chi connectivity index (χ3n) is 0.235. The van der Waals surface area contributed by atoms with E-state index in [1.165, 1.54) is 0 Å². The predicted molar refractivity (Wildman–Crippen MR) is 11.2 cm³/mol. The lowest BCUT2D eigenvalue weighted by molar-refractivity contribution is 0.263. The minimum Gasteiger partial charge on any atom is -0.760 e. The summed E-state index contributed by atoms with van der Waals surface area (Å²) in [4.78, 5) is 3.99. The van der Waals surface area contributed by atoms with Gasteiger partial charge >= 0.3 is 0 Å². The van der Waals surface area contributed by atoms with Crippen LogP contribution in [-0.2, 0) is 4.84 Å². The third-order valence-corrected chi connectivity index (χ3v) is 0.235. The van der Waals surface area contributed by atoms with Crippen LogP contribution < -0.4 is 0 Å². The molecule has 3 nitrogen and oxygen atoms in total. The smallest absolute Gasteiger partial charge is 0.130 e. The molecule has 1 heterocycles. The maximum Gasteiger partial charge on any atom is 0.130 e. The Labute approximate surface area is 23.3 Å². The molecule has 0 amide bonds. The summed E-state index contributed by atoms with van der Waals surface area (Å²) < 4.78 is 0. The van der Waals surface area contributed by atoms with Gasteiger partial charge in [0.15, 0.2) is 0 Å². The van der Waals surface area contributed by atoms with E-state index >= 15 is 0 Å². The van der Waals surface area contributed by atoms with Crippen LogP contribution in [-0.4, -0.2) is 12.0 Å². The van der Waals surface area contributed by atoms with Gasteiger partial charge in [0.1, 0.15) is 6.73 Å². The highest BCUT2D eigenvalue weighted by Crippen LogP contribution is 1.98. The van der Waals surface area contributed by atoms with Crippen molar-refractivity contribution in [1.29, 1.82) is 0 Å². The molecule has 0 aliphatic carbocycles. The Morgan fingerprint density at radius 1 is 2.00 bits per heavy atom. The average molecular weight is 60.0 g/mol. The van der Waals surface area contributed by atoms with Crippen LogP contribution in [0.4, 0.5) is 0 Å². The fraction of sp³-hybridized carbons (Fsp3) is 1.00. The molecule has 0 spiro atoms. The van der Waals surface area contributed by atoms with Crippen molar-refractivity contribution in [1.82, 2.24) is 5.23 Å². The number of hydroxylamine groups is 2. The topological polar surface area (TPSA) is 38.6 Å². The molecule has 1 aliphatic heterocycles. The van der Waals surface area contributed by atoms with E-state index in [2.05, 4.69) is 4.84 Å². The zero-order chi connectivity index (χ0) is 2.99. The van der Waals surface area contributed by atoms with E-state index < -0.39 is 0 Å². The number of rotatable bonds is 0. The van der Waals surface area contributed by atoms with E-state index in [0.29, 0.717) is 5.23 Å². The molecule has 1 saturated heterocycles. The first kappa shape index (κ1) is 2.14. The van der Waals surface area contributed by atoms with E-state index in [1.54, 1.807) is 0 Å². The van der Waals surface area contributed by atoms with Gasteiger partial charge in [-0.1, -0.05) is 0 Å². The number of hydrogen-bond acceptors (Lipinski definition) is 3. The summed E-state index contributed by atoms with van der Waals surface area (Å²) in [5, 5.41) is 9.75. The Kier molecular flexibility index (Phi) is 0.228. The van der Waals surface area contributed by atoms with Gasteiger partial charge in [0, 0.05) is 0 Å². The van der Waals surface area contributed by atoms with Gasteiger partial charge in [0.05, 0.1) is 0 Å². The molecule has 0 aromatic carbocycles. The largest absolute Gasteiger partial charge is 0.760 e. The molecule has 1 aliphatic rings. The molecule has 1 fully saturated rings. The molecule has 0 aromatic rings. The number of hydrogen-bond donors (Lipinski definition) is 0. The zero-order valence-electron chi connectivity index (χ0n) is 1.97. The second-order valence-corrected chi connectivity index (χ2v) is 0.591. The van der Waals surface area contributed by atoms with Crippen molar-refractivity contribution >= 4 is 0 Å². The van der Waals surface area contributed by atoms with Crippen molar-refractivity contribution in [3.05, 3.63) is 5.21 Å². The van der Waals surface area contributed by atoms with Gasteiger partial charge in [-0.3, -0.25) is 4.84 Å². The fourth-order valence-electron chi connectivity index (χ4n) is 0.0236. The Morgan fingerprint density at radius 2 is 2.25 bits per heavy atom. The molecule has 0 radical (unpaired) electrons. The van der Waals surface area contributed by atoms with Crippen LogP contribution in [0.5, 0.6) is 0 Å². The van der Waals surface area contributed by atoms with Crippen molar-refractivity contribution in [2.24, 2.45) is 0 Å². The highest BCUT2D eigenvalue weighted by Gasteiger charge is 2.00. The lowest BCUT2D eigenvalue weighted by atomic mass is 11.5. The van der Waals surface area contributed by atoms with Gasteiger partial charge < -0.3 is 5.21 Å². The van der Waals surface area contributed by atoms with Crippen molar-refractivity contribution < 1.29 is 4.84 Å². The van der Waals surface area contributed by atoms with Gasteiger partial charge in [-0.2, -0.15) is 0 Å². The zero-order valence-corrected chi connectivity index (χ0v) is 1.97. The van der Waals surface area contributed by atoms with Crippen LogP contribution in [0.15, 0.2) is 0 Å². The van der Waals surface area contributed by atoms with Crippen molar-refractivity contribution in [2.75, 3.05) is 6.73 Å². The molecular weight excluding hydrogens is 58.0 g/mol. The van der Waals surface area contributed by atoms with E-state index in [0.717, 1.165) is 0 Å². The Hall–Kier alpha value is -0.120. The van der Waals surface area contributed by atoms with Gasteiger partial charge in [-0.05, 0) is 0 Å². The van der Waals surface area contributed by atoms with Gasteiger partial charge in [0.25, 0.3) is 0 Å². The van der Waals surface area contributed by atoms with Crippen LogP contribution in [0, 0.1) is 5.21 Å². The highest BCUT2D eigenvalue weighted by atomic mass is 17.0. The summed E-state index contributed by atoms with van der Waals surface area (Å²) in [7, 11) is 0. The fourth-order valence-corrected chi connectivity index (χ4v) is 0.0236. The van der Waals surface area contributed by atoms with Crippen LogP contribution in [0.25, 0.3) is 0 Å². The lowest BCUT2D eigenvalue weighted by Crippen LogP contribution is -1.69. The van der Waals surface area contributed by atoms with Crippen LogP contribution in [0.1, 0.15) is 0 Å². The summed E-state index contributed by atoms with van der Waals surface area (Å²) in [5.74, 6) is 0. The second-order valence-electron chi connectivity index (χ2n) is 0.591.